The Balaban J connectivity index is 1.81. The topological polar surface area (TPSA) is 59.9 Å². The maximum absolute atomic E-state index is 5.64. The molecule has 1 aromatic heterocycles. The molecule has 0 aliphatic carbocycles. The minimum absolute atomic E-state index is 0.429. The molecule has 1 unspecified atom stereocenters. The van der Waals surface area contributed by atoms with Gasteiger partial charge in [-0.25, -0.2) is 0 Å². The van der Waals surface area contributed by atoms with E-state index < -0.39 is 0 Å². The number of nitrogens with zero attached hydrogens (tertiary/aromatic N) is 3. The summed E-state index contributed by atoms with van der Waals surface area (Å²) in [6.07, 6.45) is 5.38. The molecule has 1 aliphatic heterocycles. The Bertz CT molecular complexity index is 391. The summed E-state index contributed by atoms with van der Waals surface area (Å²) in [7, 11) is 0. The molecule has 1 saturated heterocycles. The van der Waals surface area contributed by atoms with Crippen molar-refractivity contribution in [3.05, 3.63) is 11.4 Å². The van der Waals surface area contributed by atoms with Crippen molar-refractivity contribution in [1.82, 2.24) is 20.5 Å². The van der Waals surface area contributed by atoms with Gasteiger partial charge in [-0.2, -0.15) is 4.98 Å². The van der Waals surface area contributed by atoms with E-state index in [4.69, 9.17) is 4.74 Å². The van der Waals surface area contributed by atoms with Gasteiger partial charge in [0.25, 0.3) is 0 Å². The molecule has 0 spiro atoms. The van der Waals surface area contributed by atoms with Crippen LogP contribution in [0, 0.1) is 5.92 Å². The van der Waals surface area contributed by atoms with Crippen LogP contribution in [0.4, 0.5) is 0 Å². The molecule has 1 atom stereocenters. The smallest absolute Gasteiger partial charge is 0.335 e. The van der Waals surface area contributed by atoms with E-state index in [0.29, 0.717) is 12.6 Å². The maximum Gasteiger partial charge on any atom is 0.335 e. The third-order valence-corrected chi connectivity index (χ3v) is 3.65. The van der Waals surface area contributed by atoms with Crippen LogP contribution >= 0.6 is 0 Å². The van der Waals surface area contributed by atoms with Crippen molar-refractivity contribution in [2.75, 3.05) is 19.7 Å². The standard InChI is InChI=1S/C14H24N4O/c1-3-12-13(4-2)17-18-14(16-12)19-9-7-11-6-5-8-15-10-11/h11,15H,3-10H2,1-2H3. The normalized spacial score (nSPS) is 19.4. The van der Waals surface area contributed by atoms with E-state index in [0.717, 1.165) is 49.7 Å². The number of aryl methyl sites for hydroxylation is 2. The highest BCUT2D eigenvalue weighted by Crippen LogP contribution is 2.14. The van der Waals surface area contributed by atoms with Crippen LogP contribution in [0.2, 0.25) is 0 Å². The van der Waals surface area contributed by atoms with Gasteiger partial charge in [0.1, 0.15) is 0 Å². The predicted molar refractivity (Wildman–Crippen MR) is 74.3 cm³/mol. The molecule has 2 heterocycles. The van der Waals surface area contributed by atoms with Crippen molar-refractivity contribution >= 4 is 0 Å². The minimum atomic E-state index is 0.429. The van der Waals surface area contributed by atoms with Gasteiger partial charge in [-0.3, -0.25) is 0 Å². The molecule has 19 heavy (non-hydrogen) atoms. The summed E-state index contributed by atoms with van der Waals surface area (Å²) in [6, 6.07) is 0.429. The fourth-order valence-electron chi connectivity index (χ4n) is 2.47. The fourth-order valence-corrected chi connectivity index (χ4v) is 2.47. The lowest BCUT2D eigenvalue weighted by Crippen LogP contribution is -2.30. The van der Waals surface area contributed by atoms with Crippen molar-refractivity contribution < 1.29 is 4.74 Å². The molecule has 1 N–H and O–H groups in total. The number of hydrogen-bond acceptors (Lipinski definition) is 5. The van der Waals surface area contributed by atoms with Crippen LogP contribution in [0.25, 0.3) is 0 Å². The number of piperidine rings is 1. The Morgan fingerprint density at radius 2 is 2.05 bits per heavy atom. The van der Waals surface area contributed by atoms with E-state index >= 15 is 0 Å². The maximum atomic E-state index is 5.64. The molecule has 106 valence electrons. The van der Waals surface area contributed by atoms with Crippen LogP contribution in [0.5, 0.6) is 6.01 Å². The molecule has 1 aliphatic rings. The summed E-state index contributed by atoms with van der Waals surface area (Å²) in [5.41, 5.74) is 1.98. The van der Waals surface area contributed by atoms with Crippen molar-refractivity contribution in [3.8, 4) is 6.01 Å². The molecule has 0 radical (unpaired) electrons. The lowest BCUT2D eigenvalue weighted by atomic mass is 9.97. The summed E-state index contributed by atoms with van der Waals surface area (Å²) in [5.74, 6) is 0.724. The molecule has 0 saturated carbocycles. The third-order valence-electron chi connectivity index (χ3n) is 3.65. The van der Waals surface area contributed by atoms with Gasteiger partial charge in [-0.1, -0.05) is 18.9 Å². The van der Waals surface area contributed by atoms with E-state index in [9.17, 15) is 0 Å². The molecular formula is C14H24N4O. The number of ether oxygens (including phenoxy) is 1. The first-order valence-corrected chi connectivity index (χ1v) is 7.39. The number of rotatable bonds is 6. The van der Waals surface area contributed by atoms with Crippen molar-refractivity contribution in [2.45, 2.75) is 46.0 Å². The van der Waals surface area contributed by atoms with Crippen LogP contribution in [-0.4, -0.2) is 34.9 Å². The van der Waals surface area contributed by atoms with Crippen LogP contribution in [-0.2, 0) is 12.8 Å². The second kappa shape index (κ2) is 7.38. The summed E-state index contributed by atoms with van der Waals surface area (Å²) in [6.45, 7) is 7.10. The minimum Gasteiger partial charge on any atom is -0.462 e. The Morgan fingerprint density at radius 1 is 1.21 bits per heavy atom. The Hall–Kier alpha value is -1.23. The molecule has 5 nitrogen and oxygen atoms in total. The summed E-state index contributed by atoms with van der Waals surface area (Å²) in [4.78, 5) is 4.43. The Kier molecular flexibility index (Phi) is 5.51. The molecule has 0 amide bonds. The van der Waals surface area contributed by atoms with Crippen LogP contribution in [0.3, 0.4) is 0 Å². The van der Waals surface area contributed by atoms with Crippen molar-refractivity contribution in [2.24, 2.45) is 5.92 Å². The highest BCUT2D eigenvalue weighted by molar-refractivity contribution is 5.11. The van der Waals surface area contributed by atoms with Crippen molar-refractivity contribution in [3.63, 3.8) is 0 Å². The molecular weight excluding hydrogens is 240 g/mol. The number of nitrogens with one attached hydrogen (secondary N) is 1. The highest BCUT2D eigenvalue weighted by atomic mass is 16.5. The second-order valence-corrected chi connectivity index (χ2v) is 5.04. The van der Waals surface area contributed by atoms with Gasteiger partial charge < -0.3 is 10.1 Å². The first kappa shape index (κ1) is 14.2. The summed E-state index contributed by atoms with van der Waals surface area (Å²) >= 11 is 0. The van der Waals surface area contributed by atoms with Gasteiger partial charge in [0, 0.05) is 0 Å². The van der Waals surface area contributed by atoms with Gasteiger partial charge in [0.2, 0.25) is 0 Å². The van der Waals surface area contributed by atoms with Crippen LogP contribution < -0.4 is 10.1 Å². The van der Waals surface area contributed by atoms with Crippen molar-refractivity contribution in [1.29, 1.82) is 0 Å². The fraction of sp³-hybridized carbons (Fsp3) is 0.786. The third kappa shape index (κ3) is 4.13. The Labute approximate surface area is 115 Å². The van der Waals surface area contributed by atoms with Gasteiger partial charge >= 0.3 is 6.01 Å². The molecule has 1 fully saturated rings. The second-order valence-electron chi connectivity index (χ2n) is 5.04. The van der Waals surface area contributed by atoms with E-state index in [2.05, 4.69) is 34.3 Å². The number of aromatic nitrogens is 3. The lowest BCUT2D eigenvalue weighted by molar-refractivity contribution is 0.236. The van der Waals surface area contributed by atoms with E-state index in [1.54, 1.807) is 0 Å². The van der Waals surface area contributed by atoms with Gasteiger partial charge in [0.05, 0.1) is 18.0 Å². The number of hydrogen-bond donors (Lipinski definition) is 1. The van der Waals surface area contributed by atoms with E-state index in [-0.39, 0.29) is 0 Å². The van der Waals surface area contributed by atoms with Gasteiger partial charge in [-0.15, -0.1) is 5.10 Å². The predicted octanol–water partition coefficient (Wildman–Crippen LogP) is 1.76. The molecule has 1 aromatic rings. The summed E-state index contributed by atoms with van der Waals surface area (Å²) < 4.78 is 5.64. The zero-order valence-electron chi connectivity index (χ0n) is 12.0. The first-order chi connectivity index (χ1) is 9.33. The zero-order valence-corrected chi connectivity index (χ0v) is 12.0. The molecule has 0 bridgehead atoms. The van der Waals surface area contributed by atoms with Crippen LogP contribution in [0.1, 0.15) is 44.5 Å². The van der Waals surface area contributed by atoms with E-state index in [1.807, 2.05) is 0 Å². The lowest BCUT2D eigenvalue weighted by Gasteiger charge is -2.22. The average Bonchev–Trinajstić information content (AvgIpc) is 2.48. The van der Waals surface area contributed by atoms with Crippen LogP contribution in [0.15, 0.2) is 0 Å². The quantitative estimate of drug-likeness (QED) is 0.848. The highest BCUT2D eigenvalue weighted by Gasteiger charge is 2.13. The largest absolute Gasteiger partial charge is 0.462 e. The SMILES string of the molecule is CCc1nnc(OCCC2CCCNC2)nc1CC. The Morgan fingerprint density at radius 3 is 2.74 bits per heavy atom. The summed E-state index contributed by atoms with van der Waals surface area (Å²) in [5, 5.41) is 11.6. The van der Waals surface area contributed by atoms with E-state index in [1.165, 1.54) is 12.8 Å². The molecule has 2 rings (SSSR count). The first-order valence-electron chi connectivity index (χ1n) is 7.39. The van der Waals surface area contributed by atoms with Gasteiger partial charge in [-0.05, 0) is 51.1 Å². The monoisotopic (exact) mass is 264 g/mol. The van der Waals surface area contributed by atoms with Gasteiger partial charge in [0.15, 0.2) is 0 Å². The average molecular weight is 264 g/mol. The zero-order chi connectivity index (χ0) is 13.5. The molecule has 5 heteroatoms. The molecule has 0 aromatic carbocycles.